The predicted octanol–water partition coefficient (Wildman–Crippen LogP) is 6.25. The maximum absolute atomic E-state index is 12.6. The van der Waals surface area contributed by atoms with E-state index in [0.29, 0.717) is 19.0 Å². The molecule has 3 atom stereocenters. The molecular formula is C36H38O7S. The van der Waals surface area contributed by atoms with E-state index in [2.05, 4.69) is 0 Å². The SMILES string of the molecule is CS(=O)(=O)CC1=C(OCc2ccccc2)[C@@H](OCc2ccccc2)[C@H](OCc2ccccc2)[C@@H](COCc2ccccc2)O1. The maximum Gasteiger partial charge on any atom is 0.167 e. The molecule has 4 aromatic rings. The molecule has 8 heteroatoms. The van der Waals surface area contributed by atoms with E-state index in [4.69, 9.17) is 23.7 Å². The first-order chi connectivity index (χ1) is 21.4. The van der Waals surface area contributed by atoms with E-state index < -0.39 is 28.1 Å². The fourth-order valence-electron chi connectivity index (χ4n) is 4.94. The van der Waals surface area contributed by atoms with E-state index >= 15 is 0 Å². The highest BCUT2D eigenvalue weighted by Crippen LogP contribution is 2.33. The molecule has 4 aromatic carbocycles. The summed E-state index contributed by atoms with van der Waals surface area (Å²) in [5.74, 6) is 0.171. The van der Waals surface area contributed by atoms with E-state index in [1.54, 1.807) is 0 Å². The number of benzene rings is 4. The summed E-state index contributed by atoms with van der Waals surface area (Å²) in [5.41, 5.74) is 3.89. The van der Waals surface area contributed by atoms with Crippen molar-refractivity contribution in [3.63, 3.8) is 0 Å². The second kappa shape index (κ2) is 15.7. The van der Waals surface area contributed by atoms with Gasteiger partial charge in [0.15, 0.2) is 27.5 Å². The van der Waals surface area contributed by atoms with Crippen LogP contribution in [-0.2, 0) is 59.9 Å². The highest BCUT2D eigenvalue weighted by Gasteiger charge is 2.44. The Balaban J connectivity index is 1.48. The summed E-state index contributed by atoms with van der Waals surface area (Å²) in [5, 5.41) is 0. The number of sulfone groups is 1. The molecule has 0 saturated heterocycles. The standard InChI is InChI=1S/C36H38O7S/c1-44(37,38)27-33-35(41-24-30-18-10-4-11-19-30)36(42-25-31-20-12-5-13-21-31)34(40-23-29-16-8-3-9-17-29)32(43-33)26-39-22-28-14-6-2-7-15-28/h2-21,32,34,36H,22-27H2,1H3/t32-,34-,36+/m1/s1. The minimum Gasteiger partial charge on any atom is -0.487 e. The molecule has 0 fully saturated rings. The molecule has 0 bridgehead atoms. The van der Waals surface area contributed by atoms with Gasteiger partial charge >= 0.3 is 0 Å². The van der Waals surface area contributed by atoms with E-state index in [-0.39, 0.29) is 31.3 Å². The summed E-state index contributed by atoms with van der Waals surface area (Å²) in [6, 6.07) is 39.2. The quantitative estimate of drug-likeness (QED) is 0.157. The van der Waals surface area contributed by atoms with Gasteiger partial charge in [0.25, 0.3) is 0 Å². The average Bonchev–Trinajstić information content (AvgIpc) is 3.04. The number of hydrogen-bond donors (Lipinski definition) is 0. The molecule has 0 aliphatic carbocycles. The molecule has 0 radical (unpaired) electrons. The van der Waals surface area contributed by atoms with Gasteiger partial charge in [0.2, 0.25) is 0 Å². The molecule has 230 valence electrons. The number of hydrogen-bond acceptors (Lipinski definition) is 7. The van der Waals surface area contributed by atoms with Gasteiger partial charge in [-0.25, -0.2) is 8.42 Å². The van der Waals surface area contributed by atoms with Gasteiger partial charge in [-0.3, -0.25) is 0 Å². The normalized spacial score (nSPS) is 18.5. The predicted molar refractivity (Wildman–Crippen MR) is 169 cm³/mol. The van der Waals surface area contributed by atoms with Crippen molar-refractivity contribution in [3.8, 4) is 0 Å². The smallest absolute Gasteiger partial charge is 0.167 e. The first-order valence-electron chi connectivity index (χ1n) is 14.6. The average molecular weight is 615 g/mol. The second-order valence-electron chi connectivity index (χ2n) is 10.8. The van der Waals surface area contributed by atoms with Crippen LogP contribution in [0.4, 0.5) is 0 Å². The Labute approximate surface area is 259 Å². The molecule has 5 rings (SSSR count). The molecule has 1 aliphatic heterocycles. The summed E-state index contributed by atoms with van der Waals surface area (Å²) >= 11 is 0. The fraction of sp³-hybridized carbons (Fsp3) is 0.278. The molecule has 0 aromatic heterocycles. The Kier molecular flexibility index (Phi) is 11.2. The van der Waals surface area contributed by atoms with Crippen LogP contribution >= 0.6 is 0 Å². The number of rotatable bonds is 15. The number of ether oxygens (including phenoxy) is 5. The third kappa shape index (κ3) is 9.53. The minimum atomic E-state index is -3.49. The molecule has 0 saturated carbocycles. The lowest BCUT2D eigenvalue weighted by atomic mass is 10.0. The van der Waals surface area contributed by atoms with Crippen LogP contribution < -0.4 is 0 Å². The summed E-state index contributed by atoms with van der Waals surface area (Å²) in [6.07, 6.45) is -0.914. The maximum atomic E-state index is 12.6. The molecule has 0 unspecified atom stereocenters. The monoisotopic (exact) mass is 614 g/mol. The van der Waals surface area contributed by atoms with Crippen LogP contribution in [0.1, 0.15) is 22.3 Å². The highest BCUT2D eigenvalue weighted by atomic mass is 32.2. The zero-order valence-corrected chi connectivity index (χ0v) is 25.6. The molecule has 1 heterocycles. The second-order valence-corrected chi connectivity index (χ2v) is 12.9. The zero-order valence-electron chi connectivity index (χ0n) is 24.8. The first kappa shape index (κ1) is 31.5. The lowest BCUT2D eigenvalue weighted by Gasteiger charge is -2.40. The minimum absolute atomic E-state index is 0.152. The Bertz CT molecular complexity index is 1560. The van der Waals surface area contributed by atoms with Crippen molar-refractivity contribution in [2.75, 3.05) is 18.6 Å². The summed E-state index contributed by atoms with van der Waals surface area (Å²) in [4.78, 5) is 0. The van der Waals surface area contributed by atoms with Crippen molar-refractivity contribution >= 4 is 9.84 Å². The molecule has 44 heavy (non-hydrogen) atoms. The third-order valence-corrected chi connectivity index (χ3v) is 7.86. The Morgan fingerprint density at radius 2 is 1.07 bits per heavy atom. The van der Waals surface area contributed by atoms with Crippen molar-refractivity contribution in [1.29, 1.82) is 0 Å². The van der Waals surface area contributed by atoms with Gasteiger partial charge in [0, 0.05) is 6.26 Å². The van der Waals surface area contributed by atoms with Gasteiger partial charge in [-0.1, -0.05) is 121 Å². The molecular weight excluding hydrogens is 576 g/mol. The molecule has 7 nitrogen and oxygen atoms in total. The summed E-state index contributed by atoms with van der Waals surface area (Å²) in [6.45, 7) is 1.28. The van der Waals surface area contributed by atoms with Crippen LogP contribution in [0.25, 0.3) is 0 Å². The van der Waals surface area contributed by atoms with Crippen LogP contribution in [0.2, 0.25) is 0 Å². The van der Waals surface area contributed by atoms with Gasteiger partial charge in [-0.05, 0) is 22.3 Å². The topological polar surface area (TPSA) is 80.3 Å². The fourth-order valence-corrected chi connectivity index (χ4v) is 5.63. The Hall–Kier alpha value is -3.95. The first-order valence-corrected chi connectivity index (χ1v) is 16.7. The van der Waals surface area contributed by atoms with Crippen LogP contribution in [0, 0.1) is 0 Å². The van der Waals surface area contributed by atoms with Gasteiger partial charge < -0.3 is 23.7 Å². The van der Waals surface area contributed by atoms with Crippen molar-refractivity contribution in [2.24, 2.45) is 0 Å². The van der Waals surface area contributed by atoms with Crippen molar-refractivity contribution in [1.82, 2.24) is 0 Å². The van der Waals surface area contributed by atoms with Gasteiger partial charge in [0.05, 0.1) is 26.4 Å². The molecule has 0 amide bonds. The highest BCUT2D eigenvalue weighted by molar-refractivity contribution is 7.90. The van der Waals surface area contributed by atoms with E-state index in [1.807, 2.05) is 121 Å². The van der Waals surface area contributed by atoms with Gasteiger partial charge in [-0.2, -0.15) is 0 Å². The molecule has 0 N–H and O–H groups in total. The zero-order chi connectivity index (χ0) is 30.6. The lowest BCUT2D eigenvalue weighted by molar-refractivity contribution is -0.173. The lowest BCUT2D eigenvalue weighted by Crippen LogP contribution is -2.50. The molecule has 1 aliphatic rings. The Morgan fingerprint density at radius 1 is 0.614 bits per heavy atom. The summed E-state index contributed by atoms with van der Waals surface area (Å²) in [7, 11) is -3.49. The van der Waals surface area contributed by atoms with Crippen molar-refractivity contribution in [3.05, 3.63) is 155 Å². The summed E-state index contributed by atoms with van der Waals surface area (Å²) < 4.78 is 57.3. The van der Waals surface area contributed by atoms with E-state index in [9.17, 15) is 8.42 Å². The largest absolute Gasteiger partial charge is 0.487 e. The van der Waals surface area contributed by atoms with Crippen LogP contribution in [-0.4, -0.2) is 45.3 Å². The van der Waals surface area contributed by atoms with E-state index in [1.165, 1.54) is 6.26 Å². The van der Waals surface area contributed by atoms with Gasteiger partial charge in [-0.15, -0.1) is 0 Å². The van der Waals surface area contributed by atoms with Crippen molar-refractivity contribution < 1.29 is 32.1 Å². The molecule has 0 spiro atoms. The van der Waals surface area contributed by atoms with Crippen LogP contribution in [0.15, 0.2) is 133 Å². The van der Waals surface area contributed by atoms with E-state index in [0.717, 1.165) is 22.3 Å². The van der Waals surface area contributed by atoms with Crippen LogP contribution in [0.3, 0.4) is 0 Å². The third-order valence-electron chi connectivity index (χ3n) is 7.07. The Morgan fingerprint density at radius 3 is 1.57 bits per heavy atom. The van der Waals surface area contributed by atoms with Crippen molar-refractivity contribution in [2.45, 2.75) is 44.7 Å². The van der Waals surface area contributed by atoms with Crippen LogP contribution in [0.5, 0.6) is 0 Å². The van der Waals surface area contributed by atoms with Gasteiger partial charge in [0.1, 0.15) is 24.6 Å².